The third-order valence-corrected chi connectivity index (χ3v) is 3.41. The zero-order valence-electron chi connectivity index (χ0n) is 11.6. The second kappa shape index (κ2) is 6.00. The lowest BCUT2D eigenvalue weighted by Crippen LogP contribution is -2.32. The van der Waals surface area contributed by atoms with Crippen LogP contribution in [-0.4, -0.2) is 55.1 Å². The van der Waals surface area contributed by atoms with E-state index >= 15 is 0 Å². The number of likely N-dealkylation sites (tertiary alicyclic amines) is 1. The van der Waals surface area contributed by atoms with E-state index in [0.717, 1.165) is 24.6 Å². The molecular formula is C13H23N5. The molecule has 0 bridgehead atoms. The second-order valence-electron chi connectivity index (χ2n) is 4.91. The average molecular weight is 249 g/mol. The highest BCUT2D eigenvalue weighted by molar-refractivity contribution is 5.43. The summed E-state index contributed by atoms with van der Waals surface area (Å²) >= 11 is 0. The smallest absolute Gasteiger partial charge is 0.224 e. The molecule has 1 aromatic rings. The molecule has 0 saturated carbocycles. The van der Waals surface area contributed by atoms with E-state index in [0.29, 0.717) is 5.95 Å². The number of hydrogen-bond acceptors (Lipinski definition) is 5. The standard InChI is InChI=1S/C13H23N5/c1-11-10-12(16-13(14-2)15-11)17(3)8-9-18-6-4-5-7-18/h10H,4-9H2,1-3H3,(H,14,15,16). The van der Waals surface area contributed by atoms with E-state index in [1.165, 1.54) is 25.9 Å². The lowest BCUT2D eigenvalue weighted by Gasteiger charge is -2.22. The molecule has 0 spiro atoms. The van der Waals surface area contributed by atoms with Crippen molar-refractivity contribution in [3.05, 3.63) is 11.8 Å². The molecule has 1 aliphatic heterocycles. The highest BCUT2D eigenvalue weighted by Gasteiger charge is 2.12. The van der Waals surface area contributed by atoms with E-state index in [-0.39, 0.29) is 0 Å². The Morgan fingerprint density at radius 2 is 2.06 bits per heavy atom. The molecule has 1 fully saturated rings. The summed E-state index contributed by atoms with van der Waals surface area (Å²) in [6, 6.07) is 2.03. The maximum atomic E-state index is 4.48. The highest BCUT2D eigenvalue weighted by atomic mass is 15.2. The molecular weight excluding hydrogens is 226 g/mol. The molecule has 5 nitrogen and oxygen atoms in total. The SMILES string of the molecule is CNc1nc(C)cc(N(C)CCN2CCCC2)n1. The van der Waals surface area contributed by atoms with Gasteiger partial charge in [-0.25, -0.2) is 4.98 Å². The van der Waals surface area contributed by atoms with Crippen molar-refractivity contribution in [1.29, 1.82) is 0 Å². The Morgan fingerprint density at radius 1 is 1.33 bits per heavy atom. The molecule has 18 heavy (non-hydrogen) atoms. The first-order valence-electron chi connectivity index (χ1n) is 6.66. The van der Waals surface area contributed by atoms with Crippen molar-refractivity contribution in [2.45, 2.75) is 19.8 Å². The van der Waals surface area contributed by atoms with Crippen LogP contribution >= 0.6 is 0 Å². The summed E-state index contributed by atoms with van der Waals surface area (Å²) in [4.78, 5) is 13.5. The van der Waals surface area contributed by atoms with Gasteiger partial charge < -0.3 is 15.1 Å². The summed E-state index contributed by atoms with van der Waals surface area (Å²) in [7, 11) is 3.94. The Kier molecular flexibility index (Phi) is 4.36. The largest absolute Gasteiger partial charge is 0.358 e. The number of aryl methyl sites for hydroxylation is 1. The van der Waals surface area contributed by atoms with Crippen LogP contribution in [0.25, 0.3) is 0 Å². The van der Waals surface area contributed by atoms with Crippen LogP contribution < -0.4 is 10.2 Å². The molecule has 2 heterocycles. The summed E-state index contributed by atoms with van der Waals surface area (Å²) in [5.41, 5.74) is 0.998. The number of aromatic nitrogens is 2. The Bertz CT molecular complexity index is 387. The highest BCUT2D eigenvalue weighted by Crippen LogP contribution is 2.14. The van der Waals surface area contributed by atoms with E-state index in [1.54, 1.807) is 0 Å². The number of nitrogens with zero attached hydrogens (tertiary/aromatic N) is 4. The van der Waals surface area contributed by atoms with Gasteiger partial charge >= 0.3 is 0 Å². The number of nitrogens with one attached hydrogen (secondary N) is 1. The van der Waals surface area contributed by atoms with Crippen molar-refractivity contribution in [3.8, 4) is 0 Å². The first-order chi connectivity index (χ1) is 8.69. The number of rotatable bonds is 5. The van der Waals surface area contributed by atoms with Gasteiger partial charge in [0.25, 0.3) is 0 Å². The minimum absolute atomic E-state index is 0.693. The molecule has 0 atom stereocenters. The molecule has 0 aromatic carbocycles. The molecule has 0 unspecified atom stereocenters. The summed E-state index contributed by atoms with van der Waals surface area (Å²) in [6.45, 7) is 6.63. The second-order valence-corrected chi connectivity index (χ2v) is 4.91. The Labute approximate surface area is 109 Å². The number of anilines is 2. The monoisotopic (exact) mass is 249 g/mol. The van der Waals surface area contributed by atoms with E-state index in [1.807, 2.05) is 20.0 Å². The van der Waals surface area contributed by atoms with Crippen LogP contribution in [-0.2, 0) is 0 Å². The summed E-state index contributed by atoms with van der Waals surface area (Å²) < 4.78 is 0. The van der Waals surface area contributed by atoms with Gasteiger partial charge in [-0.2, -0.15) is 4.98 Å². The molecule has 100 valence electrons. The first-order valence-corrected chi connectivity index (χ1v) is 6.66. The fraction of sp³-hybridized carbons (Fsp3) is 0.692. The number of hydrogen-bond donors (Lipinski definition) is 1. The van der Waals surface area contributed by atoms with Gasteiger partial charge in [-0.05, 0) is 32.9 Å². The fourth-order valence-electron chi connectivity index (χ4n) is 2.27. The van der Waals surface area contributed by atoms with Crippen LogP contribution in [0.15, 0.2) is 6.07 Å². The van der Waals surface area contributed by atoms with E-state index in [4.69, 9.17) is 0 Å². The van der Waals surface area contributed by atoms with Gasteiger partial charge in [-0.15, -0.1) is 0 Å². The van der Waals surface area contributed by atoms with Crippen LogP contribution in [0.2, 0.25) is 0 Å². The van der Waals surface area contributed by atoms with Crippen molar-refractivity contribution in [2.24, 2.45) is 0 Å². The maximum absolute atomic E-state index is 4.48. The van der Waals surface area contributed by atoms with Gasteiger partial charge in [0.2, 0.25) is 5.95 Å². The van der Waals surface area contributed by atoms with Crippen LogP contribution in [0.1, 0.15) is 18.5 Å². The van der Waals surface area contributed by atoms with Crippen LogP contribution in [0.5, 0.6) is 0 Å². The van der Waals surface area contributed by atoms with Crippen molar-refractivity contribution < 1.29 is 0 Å². The van der Waals surface area contributed by atoms with Crippen molar-refractivity contribution in [1.82, 2.24) is 14.9 Å². The van der Waals surface area contributed by atoms with Gasteiger partial charge in [-0.3, -0.25) is 0 Å². The number of likely N-dealkylation sites (N-methyl/N-ethyl adjacent to an activating group) is 1. The normalized spacial score (nSPS) is 15.9. The van der Waals surface area contributed by atoms with Crippen molar-refractivity contribution >= 4 is 11.8 Å². The van der Waals surface area contributed by atoms with Crippen LogP contribution in [0, 0.1) is 6.92 Å². The fourth-order valence-corrected chi connectivity index (χ4v) is 2.27. The van der Waals surface area contributed by atoms with Crippen LogP contribution in [0.3, 0.4) is 0 Å². The minimum Gasteiger partial charge on any atom is -0.358 e. The third kappa shape index (κ3) is 3.32. The minimum atomic E-state index is 0.693. The lowest BCUT2D eigenvalue weighted by molar-refractivity contribution is 0.346. The van der Waals surface area contributed by atoms with Gasteiger partial charge in [0.1, 0.15) is 5.82 Å². The molecule has 1 N–H and O–H groups in total. The zero-order valence-corrected chi connectivity index (χ0v) is 11.6. The van der Waals surface area contributed by atoms with Gasteiger partial charge in [0.05, 0.1) is 0 Å². The summed E-state index contributed by atoms with van der Waals surface area (Å²) in [5, 5.41) is 3.00. The quantitative estimate of drug-likeness (QED) is 0.853. The van der Waals surface area contributed by atoms with Gasteiger partial charge in [0, 0.05) is 38.9 Å². The Balaban J connectivity index is 1.94. The summed E-state index contributed by atoms with van der Waals surface area (Å²) in [6.07, 6.45) is 2.69. The average Bonchev–Trinajstić information content (AvgIpc) is 2.88. The third-order valence-electron chi connectivity index (χ3n) is 3.41. The first kappa shape index (κ1) is 13.1. The molecule has 0 radical (unpaired) electrons. The molecule has 0 aliphatic carbocycles. The zero-order chi connectivity index (χ0) is 13.0. The van der Waals surface area contributed by atoms with E-state index < -0.39 is 0 Å². The molecule has 0 amide bonds. The van der Waals surface area contributed by atoms with Gasteiger partial charge in [-0.1, -0.05) is 0 Å². The molecule has 1 saturated heterocycles. The summed E-state index contributed by atoms with van der Waals surface area (Å²) in [5.74, 6) is 1.68. The van der Waals surface area contributed by atoms with Gasteiger partial charge in [0.15, 0.2) is 0 Å². The lowest BCUT2D eigenvalue weighted by atomic mass is 10.4. The topological polar surface area (TPSA) is 44.3 Å². The van der Waals surface area contributed by atoms with Crippen molar-refractivity contribution in [2.75, 3.05) is 50.5 Å². The predicted molar refractivity (Wildman–Crippen MR) is 75.3 cm³/mol. The van der Waals surface area contributed by atoms with Crippen LogP contribution in [0.4, 0.5) is 11.8 Å². The maximum Gasteiger partial charge on any atom is 0.224 e. The predicted octanol–water partition coefficient (Wildman–Crippen LogP) is 1.36. The Hall–Kier alpha value is -1.36. The van der Waals surface area contributed by atoms with Crippen molar-refractivity contribution in [3.63, 3.8) is 0 Å². The molecule has 2 rings (SSSR count). The molecule has 1 aromatic heterocycles. The van der Waals surface area contributed by atoms with E-state index in [2.05, 4.69) is 32.1 Å². The van der Waals surface area contributed by atoms with E-state index in [9.17, 15) is 0 Å². The molecule has 1 aliphatic rings. The Morgan fingerprint density at radius 3 is 2.72 bits per heavy atom. The molecule has 5 heteroatoms.